The minimum absolute atomic E-state index is 0.00154. The number of H-pyrrole nitrogens is 1. The number of nitrogens with zero attached hydrogens (tertiary/aromatic N) is 3. The van der Waals surface area contributed by atoms with Crippen LogP contribution in [0.3, 0.4) is 0 Å². The summed E-state index contributed by atoms with van der Waals surface area (Å²) in [5.41, 5.74) is 1.64. The second-order valence-corrected chi connectivity index (χ2v) is 12.7. The molecule has 1 fully saturated rings. The van der Waals surface area contributed by atoms with Gasteiger partial charge in [0.05, 0.1) is 43.2 Å². The first kappa shape index (κ1) is 27.2. The van der Waals surface area contributed by atoms with E-state index in [0.29, 0.717) is 43.4 Å². The SMILES string of the molecule is CS(=O)(=O)c1ccc(Oc2cc(OC3CCOCC3)c3[nH]c(C4=NCC(CC(=O)CCC#N)S4)cc3c2)cn1. The molecule has 0 saturated carbocycles. The first-order chi connectivity index (χ1) is 18.8. The second-order valence-electron chi connectivity index (χ2n) is 9.49. The normalized spacial score (nSPS) is 18.1. The van der Waals surface area contributed by atoms with Crippen LogP contribution in [0.1, 0.15) is 37.8 Å². The van der Waals surface area contributed by atoms with Gasteiger partial charge < -0.3 is 19.2 Å². The number of thioether (sulfide) groups is 1. The lowest BCUT2D eigenvalue weighted by Gasteiger charge is -2.24. The fourth-order valence-electron chi connectivity index (χ4n) is 4.43. The molecule has 0 aliphatic carbocycles. The fourth-order valence-corrected chi connectivity index (χ4v) is 6.11. The van der Waals surface area contributed by atoms with Crippen LogP contribution in [0.5, 0.6) is 17.2 Å². The summed E-state index contributed by atoms with van der Waals surface area (Å²) in [6, 6.07) is 10.7. The van der Waals surface area contributed by atoms with E-state index in [1.54, 1.807) is 17.8 Å². The molecule has 10 nitrogen and oxygen atoms in total. The Morgan fingerprint density at radius 3 is 2.77 bits per heavy atom. The van der Waals surface area contributed by atoms with Crippen LogP contribution in [0.15, 0.2) is 46.5 Å². The lowest BCUT2D eigenvalue weighted by molar-refractivity contribution is -0.118. The lowest BCUT2D eigenvalue weighted by atomic mass is 10.1. The van der Waals surface area contributed by atoms with E-state index in [1.165, 1.54) is 12.3 Å². The van der Waals surface area contributed by atoms with Gasteiger partial charge in [-0.3, -0.25) is 9.79 Å². The Kier molecular flexibility index (Phi) is 8.20. The van der Waals surface area contributed by atoms with E-state index in [1.807, 2.05) is 24.3 Å². The Bertz CT molecular complexity index is 1540. The minimum Gasteiger partial charge on any atom is -0.488 e. The first-order valence-electron chi connectivity index (χ1n) is 12.6. The third-order valence-corrected chi connectivity index (χ3v) is 8.59. The maximum absolute atomic E-state index is 12.1. The number of aliphatic imine (C=N–C) groups is 1. The minimum atomic E-state index is -3.41. The molecule has 0 amide bonds. The molecule has 1 saturated heterocycles. The van der Waals surface area contributed by atoms with Crippen molar-refractivity contribution in [2.75, 3.05) is 26.0 Å². The van der Waals surface area contributed by atoms with E-state index < -0.39 is 9.84 Å². The number of hydrogen-bond donors (Lipinski definition) is 1. The van der Waals surface area contributed by atoms with Gasteiger partial charge in [0.15, 0.2) is 14.9 Å². The van der Waals surface area contributed by atoms with E-state index in [2.05, 4.69) is 15.0 Å². The number of sulfone groups is 1. The summed E-state index contributed by atoms with van der Waals surface area (Å²) in [7, 11) is -3.41. The van der Waals surface area contributed by atoms with Crippen LogP contribution < -0.4 is 9.47 Å². The van der Waals surface area contributed by atoms with Crippen LogP contribution in [0.2, 0.25) is 0 Å². The number of pyridine rings is 1. The number of Topliss-reactive ketones (excluding diaryl/α,β-unsaturated/α-hetero) is 1. The molecule has 0 spiro atoms. The summed E-state index contributed by atoms with van der Waals surface area (Å²) in [6.07, 6.45) is 4.95. The Morgan fingerprint density at radius 2 is 2.05 bits per heavy atom. The third-order valence-electron chi connectivity index (χ3n) is 6.37. The number of carbonyl (C=O) groups excluding carboxylic acids is 1. The molecule has 1 aromatic carbocycles. The number of ether oxygens (including phenoxy) is 3. The maximum atomic E-state index is 12.1. The van der Waals surface area contributed by atoms with Crippen molar-refractivity contribution >= 4 is 43.3 Å². The topological polar surface area (TPSA) is 144 Å². The predicted octanol–water partition coefficient (Wildman–Crippen LogP) is 4.44. The summed E-state index contributed by atoms with van der Waals surface area (Å²) in [6.45, 7) is 1.82. The van der Waals surface area contributed by atoms with Crippen LogP contribution in [0.25, 0.3) is 10.9 Å². The van der Waals surface area contributed by atoms with Crippen molar-refractivity contribution in [1.82, 2.24) is 9.97 Å². The quantitative estimate of drug-likeness (QED) is 0.375. The number of hydrogen-bond acceptors (Lipinski definition) is 10. The average molecular weight is 569 g/mol. The molecule has 2 aliphatic heterocycles. The van der Waals surface area contributed by atoms with Gasteiger partial charge >= 0.3 is 0 Å². The highest BCUT2D eigenvalue weighted by Gasteiger charge is 2.25. The van der Waals surface area contributed by atoms with Crippen molar-refractivity contribution in [3.8, 4) is 23.3 Å². The zero-order chi connectivity index (χ0) is 27.4. The van der Waals surface area contributed by atoms with Crippen molar-refractivity contribution in [3.63, 3.8) is 0 Å². The number of rotatable bonds is 10. The summed E-state index contributed by atoms with van der Waals surface area (Å²) in [5.74, 6) is 1.63. The van der Waals surface area contributed by atoms with Crippen molar-refractivity contribution in [3.05, 3.63) is 42.2 Å². The van der Waals surface area contributed by atoms with Crippen LogP contribution in [-0.4, -0.2) is 66.6 Å². The number of fused-ring (bicyclic) bond motifs is 1. The molecule has 5 rings (SSSR count). The van der Waals surface area contributed by atoms with Gasteiger partial charge in [-0.25, -0.2) is 13.4 Å². The molecule has 0 radical (unpaired) electrons. The van der Waals surface area contributed by atoms with E-state index in [-0.39, 0.29) is 35.0 Å². The fraction of sp³-hybridized carbons (Fsp3) is 0.407. The first-order valence-corrected chi connectivity index (χ1v) is 15.4. The second kappa shape index (κ2) is 11.8. The number of aromatic nitrogens is 2. The lowest BCUT2D eigenvalue weighted by Crippen LogP contribution is -2.25. The smallest absolute Gasteiger partial charge is 0.192 e. The van der Waals surface area contributed by atoms with Gasteiger partial charge in [0.2, 0.25) is 0 Å². The molecule has 1 unspecified atom stereocenters. The van der Waals surface area contributed by atoms with Crippen molar-refractivity contribution < 1.29 is 27.4 Å². The Balaban J connectivity index is 1.39. The number of nitrogens with one attached hydrogen (secondary N) is 1. The third kappa shape index (κ3) is 6.79. The van der Waals surface area contributed by atoms with E-state index in [4.69, 9.17) is 19.5 Å². The highest BCUT2D eigenvalue weighted by Crippen LogP contribution is 2.37. The highest BCUT2D eigenvalue weighted by atomic mass is 32.2. The van der Waals surface area contributed by atoms with E-state index in [9.17, 15) is 13.2 Å². The van der Waals surface area contributed by atoms with Crippen molar-refractivity contribution in [1.29, 1.82) is 5.26 Å². The molecular weight excluding hydrogens is 540 g/mol. The van der Waals surface area contributed by atoms with Crippen LogP contribution in [0.4, 0.5) is 0 Å². The molecular formula is C27H28N4O6S2. The van der Waals surface area contributed by atoms with Crippen LogP contribution in [-0.2, 0) is 19.4 Å². The zero-order valence-corrected chi connectivity index (χ0v) is 23.0. The molecule has 1 atom stereocenters. The summed E-state index contributed by atoms with van der Waals surface area (Å²) in [5, 5.41) is 10.4. The van der Waals surface area contributed by atoms with Crippen LogP contribution in [0, 0.1) is 11.3 Å². The molecule has 0 bridgehead atoms. The van der Waals surface area contributed by atoms with Gasteiger partial charge in [-0.05, 0) is 24.3 Å². The van der Waals surface area contributed by atoms with E-state index >= 15 is 0 Å². The van der Waals surface area contributed by atoms with Gasteiger partial charge in [0.25, 0.3) is 0 Å². The summed E-state index contributed by atoms with van der Waals surface area (Å²) in [4.78, 5) is 24.2. The number of aromatic amines is 1. The van der Waals surface area contributed by atoms with Gasteiger partial charge in [-0.15, -0.1) is 0 Å². The standard InChI is InChI=1S/C27H28N4O6S2/c1-39(33,34)25-5-4-20(15-29-25)36-21-11-17-12-23(27-30-16-22(38-27)13-18(32)3-2-8-28)31-26(17)24(14-21)37-19-6-9-35-10-7-19/h4-5,11-12,14-15,19,22,31H,2-3,6-7,9-10,13,16H2,1H3. The number of benzene rings is 1. The average Bonchev–Trinajstić information content (AvgIpc) is 3.55. The Labute approximate surface area is 230 Å². The number of ketones is 1. The number of carbonyl (C=O) groups is 1. The van der Waals surface area contributed by atoms with Crippen molar-refractivity contribution in [2.45, 2.75) is 48.5 Å². The monoisotopic (exact) mass is 568 g/mol. The Morgan fingerprint density at radius 1 is 1.23 bits per heavy atom. The number of nitriles is 1. The van der Waals surface area contributed by atoms with Crippen molar-refractivity contribution in [2.24, 2.45) is 4.99 Å². The largest absolute Gasteiger partial charge is 0.488 e. The summed E-state index contributed by atoms with van der Waals surface area (Å²) < 4.78 is 41.4. The van der Waals surface area contributed by atoms with Gasteiger partial charge in [-0.2, -0.15) is 5.26 Å². The predicted molar refractivity (Wildman–Crippen MR) is 147 cm³/mol. The Hall–Kier alpha value is -3.40. The van der Waals surface area contributed by atoms with Gasteiger partial charge in [-0.1, -0.05) is 11.8 Å². The molecule has 1 N–H and O–H groups in total. The molecule has 4 heterocycles. The zero-order valence-electron chi connectivity index (χ0n) is 21.4. The molecule has 39 heavy (non-hydrogen) atoms. The highest BCUT2D eigenvalue weighted by molar-refractivity contribution is 8.15. The summed E-state index contributed by atoms with van der Waals surface area (Å²) >= 11 is 1.56. The van der Waals surface area contributed by atoms with Crippen LogP contribution >= 0.6 is 11.8 Å². The molecule has 2 aromatic heterocycles. The van der Waals surface area contributed by atoms with Gasteiger partial charge in [0, 0.05) is 55.1 Å². The van der Waals surface area contributed by atoms with E-state index in [0.717, 1.165) is 40.7 Å². The van der Waals surface area contributed by atoms with Gasteiger partial charge in [0.1, 0.15) is 34.2 Å². The molecule has 12 heteroatoms. The maximum Gasteiger partial charge on any atom is 0.192 e. The molecule has 3 aromatic rings. The molecule has 2 aliphatic rings. The molecule has 204 valence electrons.